The van der Waals surface area contributed by atoms with Gasteiger partial charge in [0.25, 0.3) is 5.91 Å². The van der Waals surface area contributed by atoms with Crippen molar-refractivity contribution < 1.29 is 41.8 Å². The highest BCUT2D eigenvalue weighted by molar-refractivity contribution is 7.91. The molecule has 2 saturated carbocycles. The lowest BCUT2D eigenvalue weighted by atomic mass is 9.77. The van der Waals surface area contributed by atoms with Gasteiger partial charge in [-0.15, -0.1) is 17.9 Å². The van der Waals surface area contributed by atoms with E-state index in [-0.39, 0.29) is 25.3 Å². The third-order valence-corrected chi connectivity index (χ3v) is 15.4. The molecule has 0 bridgehead atoms. The van der Waals surface area contributed by atoms with Crippen LogP contribution in [0.2, 0.25) is 0 Å². The first kappa shape index (κ1) is 45.9. The number of benzene rings is 1. The van der Waals surface area contributed by atoms with Crippen molar-refractivity contribution in [1.82, 2.24) is 24.9 Å². The minimum absolute atomic E-state index is 0.0428. The molecule has 3 aromatic rings. The number of likely N-dealkylation sites (tertiary alicyclic amines) is 1. The fourth-order valence-corrected chi connectivity index (χ4v) is 10.2. The van der Waals surface area contributed by atoms with Gasteiger partial charge >= 0.3 is 5.97 Å². The molecule has 16 heteroatoms. The Labute approximate surface area is 363 Å². The molecular weight excluding hydrogens is 819 g/mol. The predicted molar refractivity (Wildman–Crippen MR) is 235 cm³/mol. The number of aromatic nitrogens is 2. The fourth-order valence-electron chi connectivity index (χ4n) is 7.98. The summed E-state index contributed by atoms with van der Waals surface area (Å²) >= 11 is 1.47. The molecule has 0 spiro atoms. The summed E-state index contributed by atoms with van der Waals surface area (Å²) in [5, 5.41) is 6.28. The van der Waals surface area contributed by atoms with Gasteiger partial charge in [-0.1, -0.05) is 47.6 Å². The lowest BCUT2D eigenvalue weighted by Gasteiger charge is -2.36. The largest absolute Gasteiger partial charge is 0.496 e. The summed E-state index contributed by atoms with van der Waals surface area (Å²) in [4.78, 5) is 68.3. The molecule has 0 unspecified atom stereocenters. The van der Waals surface area contributed by atoms with Crippen molar-refractivity contribution in [3.63, 3.8) is 0 Å². The molecule has 61 heavy (non-hydrogen) atoms. The Kier molecular flexibility index (Phi) is 12.3. The van der Waals surface area contributed by atoms with E-state index in [4.69, 9.17) is 24.2 Å². The molecule has 0 radical (unpaired) electrons. The standard InChI is InChI=1S/C45H61N5O9S2/c1-14-27-21-45(27,41(54)49-61(55,56)44(12)17-18-44)48-38(52)37-26(5)34(22-50(37)40(53)29(42(6,7)8)19-35(51)59-43(9,10)11)58-33-20-30(39-47-31(23-60-39)24(2)3)46-36-25(4)32(57-13)16-15-28(33)36/h14-16,20,23-24,26-27,29,34,37H,1,17-19,21-22H2,2-13H3,(H,48,52)(H,49,54)/t26-,27+,29+,34-,37-,45+/m0/s1. The Balaban J connectivity index is 1.40. The maximum absolute atomic E-state index is 15.0. The van der Waals surface area contributed by atoms with Gasteiger partial charge in [0, 0.05) is 34.2 Å². The predicted octanol–water partition coefficient (Wildman–Crippen LogP) is 6.85. The second kappa shape index (κ2) is 16.3. The van der Waals surface area contributed by atoms with E-state index in [0.29, 0.717) is 45.9 Å². The Morgan fingerprint density at radius 2 is 1.75 bits per heavy atom. The fraction of sp³-hybridized carbons (Fsp3) is 0.600. The summed E-state index contributed by atoms with van der Waals surface area (Å²) in [6.45, 7) is 24.0. The molecule has 2 N–H and O–H groups in total. The number of amides is 3. The summed E-state index contributed by atoms with van der Waals surface area (Å²) in [6, 6.07) is 4.33. The van der Waals surface area contributed by atoms with Crippen LogP contribution < -0.4 is 19.5 Å². The molecule has 2 aromatic heterocycles. The number of methoxy groups -OCH3 is 1. The zero-order chi connectivity index (χ0) is 45.2. The van der Waals surface area contributed by atoms with E-state index in [1.54, 1.807) is 41.7 Å². The van der Waals surface area contributed by atoms with Crippen LogP contribution in [-0.2, 0) is 33.9 Å². The average Bonchev–Trinajstić information content (AvgIpc) is 3.98. The zero-order valence-corrected chi connectivity index (χ0v) is 39.1. The first-order valence-electron chi connectivity index (χ1n) is 20.9. The summed E-state index contributed by atoms with van der Waals surface area (Å²) in [6.07, 6.45) is 1.48. The third kappa shape index (κ3) is 9.16. The van der Waals surface area contributed by atoms with Gasteiger partial charge in [0.2, 0.25) is 21.8 Å². The molecular formula is C45H61N5O9S2. The third-order valence-electron chi connectivity index (χ3n) is 12.3. The number of carbonyl (C=O) groups is 4. The van der Waals surface area contributed by atoms with Crippen molar-refractivity contribution in [3.05, 3.63) is 47.5 Å². The SMILES string of the molecule is C=C[C@@H]1C[C@]1(NC(=O)[C@@H]1[C@@H](C)[C@@H](Oc2cc(-c3nc(C(C)C)cs3)nc3c(C)c(OC)ccc23)CN1C(=O)[C@@H](CC(=O)OC(C)(C)C)C(C)(C)C)C(=O)NS(=O)(=O)C1(C)CC1. The number of rotatable bonds is 14. The number of sulfonamides is 1. The molecule has 1 aromatic carbocycles. The number of nitrogens with one attached hydrogen (secondary N) is 2. The van der Waals surface area contributed by atoms with Crippen molar-refractivity contribution in [2.45, 2.75) is 136 Å². The van der Waals surface area contributed by atoms with Crippen molar-refractivity contribution in [2.24, 2.45) is 23.2 Å². The number of nitrogens with zero attached hydrogens (tertiary/aromatic N) is 3. The number of ether oxygens (including phenoxy) is 3. The number of hydrogen-bond acceptors (Lipinski definition) is 12. The molecule has 6 atom stereocenters. The molecule has 3 aliphatic rings. The molecule has 3 fully saturated rings. The number of esters is 1. The van der Waals surface area contributed by atoms with Gasteiger partial charge in [0.05, 0.1) is 42.0 Å². The van der Waals surface area contributed by atoms with Crippen LogP contribution in [-0.4, -0.2) is 88.7 Å². The number of hydrogen-bond donors (Lipinski definition) is 2. The quantitative estimate of drug-likeness (QED) is 0.128. The van der Waals surface area contributed by atoms with Gasteiger partial charge in [-0.05, 0) is 77.3 Å². The van der Waals surface area contributed by atoms with Crippen molar-refractivity contribution in [2.75, 3.05) is 13.7 Å². The minimum atomic E-state index is -4.03. The summed E-state index contributed by atoms with van der Waals surface area (Å²) in [5.41, 5.74) is -0.191. The maximum Gasteiger partial charge on any atom is 0.307 e. The van der Waals surface area contributed by atoms with Crippen molar-refractivity contribution in [3.8, 4) is 22.2 Å². The Hall–Kier alpha value is -4.57. The molecule has 1 aliphatic heterocycles. The second-order valence-corrected chi connectivity index (χ2v) is 22.6. The van der Waals surface area contributed by atoms with Gasteiger partial charge in [-0.25, -0.2) is 18.4 Å². The molecule has 2 aliphatic carbocycles. The van der Waals surface area contributed by atoms with Gasteiger partial charge in [0.15, 0.2) is 0 Å². The van der Waals surface area contributed by atoms with Crippen LogP contribution in [0, 0.1) is 30.1 Å². The van der Waals surface area contributed by atoms with Crippen LogP contribution in [0.4, 0.5) is 0 Å². The molecule has 1 saturated heterocycles. The highest BCUT2D eigenvalue weighted by Crippen LogP contribution is 2.48. The van der Waals surface area contributed by atoms with Crippen LogP contribution in [0.5, 0.6) is 11.5 Å². The smallest absolute Gasteiger partial charge is 0.307 e. The second-order valence-electron chi connectivity index (χ2n) is 19.6. The highest BCUT2D eigenvalue weighted by atomic mass is 32.2. The summed E-state index contributed by atoms with van der Waals surface area (Å²) < 4.78 is 45.8. The Morgan fingerprint density at radius 1 is 1.08 bits per heavy atom. The van der Waals surface area contributed by atoms with Gasteiger partial charge in [-0.3, -0.25) is 23.9 Å². The number of fused-ring (bicyclic) bond motifs is 1. The van der Waals surface area contributed by atoms with Crippen LogP contribution in [0.25, 0.3) is 21.6 Å². The lowest BCUT2D eigenvalue weighted by molar-refractivity contribution is -0.161. The maximum atomic E-state index is 15.0. The van der Waals surface area contributed by atoms with Crippen LogP contribution >= 0.6 is 11.3 Å². The van der Waals surface area contributed by atoms with Gasteiger partial charge in [0.1, 0.15) is 45.5 Å². The topological polar surface area (TPSA) is 183 Å². The molecule has 332 valence electrons. The molecule has 6 rings (SSSR count). The number of carbonyl (C=O) groups excluding carboxylic acids is 4. The van der Waals surface area contributed by atoms with Crippen molar-refractivity contribution in [1.29, 1.82) is 0 Å². The normalized spacial score (nSPS) is 23.9. The first-order valence-corrected chi connectivity index (χ1v) is 23.3. The summed E-state index contributed by atoms with van der Waals surface area (Å²) in [7, 11) is -2.44. The first-order chi connectivity index (χ1) is 28.3. The molecule has 14 nitrogen and oxygen atoms in total. The number of thiazole rings is 1. The average molecular weight is 880 g/mol. The summed E-state index contributed by atoms with van der Waals surface area (Å²) in [5.74, 6) is -3.34. The van der Waals surface area contributed by atoms with Gasteiger partial charge < -0.3 is 24.4 Å². The number of aryl methyl sites for hydroxylation is 1. The van der Waals surface area contributed by atoms with Crippen molar-refractivity contribution >= 4 is 56.0 Å². The van der Waals surface area contributed by atoms with E-state index < -0.39 is 84.9 Å². The zero-order valence-electron chi connectivity index (χ0n) is 37.4. The Bertz CT molecular complexity index is 2360. The van der Waals surface area contributed by atoms with E-state index in [9.17, 15) is 27.6 Å². The highest BCUT2D eigenvalue weighted by Gasteiger charge is 2.63. The molecule has 3 amide bonds. The van der Waals surface area contributed by atoms with E-state index in [2.05, 4.69) is 30.5 Å². The van der Waals surface area contributed by atoms with E-state index in [1.165, 1.54) is 22.3 Å². The monoisotopic (exact) mass is 879 g/mol. The minimum Gasteiger partial charge on any atom is -0.496 e. The van der Waals surface area contributed by atoms with Crippen LogP contribution in [0.1, 0.15) is 112 Å². The van der Waals surface area contributed by atoms with Gasteiger partial charge in [-0.2, -0.15) is 0 Å². The lowest BCUT2D eigenvalue weighted by Crippen LogP contribution is -2.58. The molecule has 3 heterocycles. The Morgan fingerprint density at radius 3 is 2.30 bits per heavy atom. The van der Waals surface area contributed by atoms with E-state index in [0.717, 1.165) is 11.3 Å². The van der Waals surface area contributed by atoms with E-state index in [1.807, 2.05) is 51.3 Å². The van der Waals surface area contributed by atoms with E-state index >= 15 is 0 Å². The van der Waals surface area contributed by atoms with Crippen LogP contribution in [0.15, 0.2) is 36.2 Å². The van der Waals surface area contributed by atoms with Crippen LogP contribution in [0.3, 0.4) is 0 Å². The number of pyridine rings is 1.